The number of aromatic nitrogens is 2. The Bertz CT molecular complexity index is 523. The zero-order chi connectivity index (χ0) is 12.4. The number of ether oxygens (including phenoxy) is 1. The summed E-state index contributed by atoms with van der Waals surface area (Å²) in [4.78, 5) is 0. The normalized spacial score (nSPS) is 17.7. The van der Waals surface area contributed by atoms with E-state index in [1.165, 1.54) is 0 Å². The van der Waals surface area contributed by atoms with Crippen LogP contribution < -0.4 is 4.74 Å². The molecule has 18 heavy (non-hydrogen) atoms. The maximum atomic E-state index is 9.81. The van der Waals surface area contributed by atoms with Crippen molar-refractivity contribution in [3.63, 3.8) is 0 Å². The molecule has 1 aromatic heterocycles. The second-order valence-electron chi connectivity index (χ2n) is 4.50. The van der Waals surface area contributed by atoms with Crippen LogP contribution in [0.2, 0.25) is 0 Å². The lowest BCUT2D eigenvalue weighted by Crippen LogP contribution is -2.09. The third-order valence-corrected chi connectivity index (χ3v) is 3.33. The Hall–Kier alpha value is -1.81. The van der Waals surface area contributed by atoms with Crippen LogP contribution in [0.25, 0.3) is 0 Å². The predicted octanol–water partition coefficient (Wildman–Crippen LogP) is 1.94. The first kappa shape index (κ1) is 11.3. The molecule has 0 amide bonds. The van der Waals surface area contributed by atoms with Gasteiger partial charge < -0.3 is 9.84 Å². The van der Waals surface area contributed by atoms with Crippen molar-refractivity contribution >= 4 is 0 Å². The molecule has 0 radical (unpaired) electrons. The highest BCUT2D eigenvalue weighted by Crippen LogP contribution is 2.36. The highest BCUT2D eigenvalue weighted by atomic mass is 16.5. The van der Waals surface area contributed by atoms with Crippen LogP contribution in [0.1, 0.15) is 23.7 Å². The topological polar surface area (TPSA) is 47.3 Å². The van der Waals surface area contributed by atoms with E-state index in [1.807, 2.05) is 35.1 Å². The smallest absolute Gasteiger partial charge is 0.122 e. The van der Waals surface area contributed by atoms with E-state index in [1.54, 1.807) is 6.20 Å². The molecule has 1 unspecified atom stereocenters. The van der Waals surface area contributed by atoms with Crippen molar-refractivity contribution in [3.8, 4) is 5.75 Å². The number of aliphatic hydroxyl groups excluding tert-OH is 1. The molecular weight excluding hydrogens is 228 g/mol. The molecule has 1 aliphatic rings. The number of hydrogen-bond acceptors (Lipinski definition) is 3. The molecule has 3 rings (SSSR count). The Morgan fingerprint density at radius 3 is 3.17 bits per heavy atom. The van der Waals surface area contributed by atoms with Crippen molar-refractivity contribution in [2.75, 3.05) is 6.61 Å². The largest absolute Gasteiger partial charge is 0.491 e. The molecule has 0 spiro atoms. The second kappa shape index (κ2) is 4.82. The molecule has 4 heteroatoms. The lowest BCUT2D eigenvalue weighted by Gasteiger charge is -2.11. The summed E-state index contributed by atoms with van der Waals surface area (Å²) in [6, 6.07) is 7.79. The molecule has 94 valence electrons. The molecule has 0 saturated carbocycles. The quantitative estimate of drug-likeness (QED) is 0.894. The van der Waals surface area contributed by atoms with Gasteiger partial charge in [0, 0.05) is 18.0 Å². The Morgan fingerprint density at radius 2 is 2.33 bits per heavy atom. The van der Waals surface area contributed by atoms with Gasteiger partial charge >= 0.3 is 0 Å². The number of fused-ring (bicyclic) bond motifs is 1. The molecule has 0 bridgehead atoms. The summed E-state index contributed by atoms with van der Waals surface area (Å²) in [6.07, 6.45) is 5.05. The minimum absolute atomic E-state index is 0.324. The molecule has 1 aliphatic carbocycles. The summed E-state index contributed by atoms with van der Waals surface area (Å²) < 4.78 is 7.64. The molecule has 1 atom stereocenters. The Labute approximate surface area is 106 Å². The first-order valence-corrected chi connectivity index (χ1v) is 6.24. The van der Waals surface area contributed by atoms with Gasteiger partial charge in [0.05, 0.1) is 12.6 Å². The van der Waals surface area contributed by atoms with Crippen LogP contribution in [0.15, 0.2) is 36.7 Å². The van der Waals surface area contributed by atoms with Crippen LogP contribution in [-0.2, 0) is 13.0 Å². The van der Waals surface area contributed by atoms with Crippen LogP contribution in [0, 0.1) is 0 Å². The lowest BCUT2D eigenvalue weighted by atomic mass is 10.1. The third-order valence-electron chi connectivity index (χ3n) is 3.33. The minimum atomic E-state index is -0.324. The van der Waals surface area contributed by atoms with Gasteiger partial charge in [-0.15, -0.1) is 0 Å². The number of rotatable bonds is 4. The van der Waals surface area contributed by atoms with Crippen LogP contribution >= 0.6 is 0 Å². The van der Waals surface area contributed by atoms with E-state index >= 15 is 0 Å². The molecule has 1 N–H and O–H groups in total. The highest BCUT2D eigenvalue weighted by molar-refractivity contribution is 5.44. The summed E-state index contributed by atoms with van der Waals surface area (Å²) in [5.74, 6) is 0.899. The first-order chi connectivity index (χ1) is 8.84. The van der Waals surface area contributed by atoms with Crippen molar-refractivity contribution in [1.29, 1.82) is 0 Å². The van der Waals surface area contributed by atoms with Crippen molar-refractivity contribution < 1.29 is 9.84 Å². The van der Waals surface area contributed by atoms with Gasteiger partial charge in [-0.25, -0.2) is 0 Å². The Kier molecular flexibility index (Phi) is 3.02. The third kappa shape index (κ3) is 2.11. The van der Waals surface area contributed by atoms with Gasteiger partial charge in [0.25, 0.3) is 0 Å². The zero-order valence-electron chi connectivity index (χ0n) is 10.1. The van der Waals surface area contributed by atoms with Gasteiger partial charge in [-0.05, 0) is 30.5 Å². The fraction of sp³-hybridized carbons (Fsp3) is 0.357. The van der Waals surface area contributed by atoms with E-state index in [9.17, 15) is 5.11 Å². The van der Waals surface area contributed by atoms with Gasteiger partial charge in [0.1, 0.15) is 12.4 Å². The predicted molar refractivity (Wildman–Crippen MR) is 67.4 cm³/mol. The summed E-state index contributed by atoms with van der Waals surface area (Å²) in [5.41, 5.74) is 2.18. The first-order valence-electron chi connectivity index (χ1n) is 6.24. The molecule has 0 saturated heterocycles. The van der Waals surface area contributed by atoms with Gasteiger partial charge in [0.15, 0.2) is 0 Å². The average molecular weight is 244 g/mol. The number of hydrogen-bond donors (Lipinski definition) is 1. The maximum absolute atomic E-state index is 9.81. The summed E-state index contributed by atoms with van der Waals surface area (Å²) in [6.45, 7) is 1.33. The molecule has 0 fully saturated rings. The van der Waals surface area contributed by atoms with Crippen LogP contribution in [0.5, 0.6) is 5.75 Å². The van der Waals surface area contributed by atoms with E-state index in [-0.39, 0.29) is 6.10 Å². The Morgan fingerprint density at radius 1 is 1.39 bits per heavy atom. The van der Waals surface area contributed by atoms with E-state index in [4.69, 9.17) is 4.74 Å². The SMILES string of the molecule is OC1CCc2c(OCCn3cccn3)cccc21. The van der Waals surface area contributed by atoms with Crippen LogP contribution in [0.4, 0.5) is 0 Å². The molecule has 0 aliphatic heterocycles. The molecule has 4 nitrogen and oxygen atoms in total. The van der Waals surface area contributed by atoms with E-state index in [0.29, 0.717) is 6.61 Å². The van der Waals surface area contributed by atoms with Gasteiger partial charge in [0.2, 0.25) is 0 Å². The maximum Gasteiger partial charge on any atom is 0.122 e. The monoisotopic (exact) mass is 244 g/mol. The fourth-order valence-electron chi connectivity index (χ4n) is 2.42. The van der Waals surface area contributed by atoms with E-state index in [2.05, 4.69) is 5.10 Å². The van der Waals surface area contributed by atoms with Gasteiger partial charge in [-0.2, -0.15) is 5.10 Å². The standard InChI is InChI=1S/C14H16N2O2/c17-13-6-5-12-11(13)3-1-4-14(12)18-10-9-16-8-2-7-15-16/h1-4,7-8,13,17H,5-6,9-10H2. The minimum Gasteiger partial charge on any atom is -0.491 e. The summed E-state index contributed by atoms with van der Waals surface area (Å²) in [5, 5.41) is 13.9. The molecule has 1 heterocycles. The summed E-state index contributed by atoms with van der Waals surface area (Å²) in [7, 11) is 0. The van der Waals surface area contributed by atoms with Crippen molar-refractivity contribution in [3.05, 3.63) is 47.8 Å². The summed E-state index contributed by atoms with van der Waals surface area (Å²) >= 11 is 0. The van der Waals surface area contributed by atoms with E-state index < -0.39 is 0 Å². The second-order valence-corrected chi connectivity index (χ2v) is 4.50. The van der Waals surface area contributed by atoms with Crippen LogP contribution in [0.3, 0.4) is 0 Å². The van der Waals surface area contributed by atoms with Gasteiger partial charge in [-0.1, -0.05) is 12.1 Å². The number of nitrogens with zero attached hydrogens (tertiary/aromatic N) is 2. The van der Waals surface area contributed by atoms with Crippen molar-refractivity contribution in [2.24, 2.45) is 0 Å². The van der Waals surface area contributed by atoms with Gasteiger partial charge in [-0.3, -0.25) is 4.68 Å². The molecular formula is C14H16N2O2. The zero-order valence-corrected chi connectivity index (χ0v) is 10.1. The van der Waals surface area contributed by atoms with Crippen LogP contribution in [-0.4, -0.2) is 21.5 Å². The fourth-order valence-corrected chi connectivity index (χ4v) is 2.42. The average Bonchev–Trinajstić information content (AvgIpc) is 3.01. The molecule has 1 aromatic carbocycles. The van der Waals surface area contributed by atoms with Crippen molar-refractivity contribution in [1.82, 2.24) is 9.78 Å². The Balaban J connectivity index is 1.67. The number of benzene rings is 1. The highest BCUT2D eigenvalue weighted by Gasteiger charge is 2.22. The lowest BCUT2D eigenvalue weighted by molar-refractivity contribution is 0.180. The van der Waals surface area contributed by atoms with E-state index in [0.717, 1.165) is 36.3 Å². The number of aliphatic hydroxyl groups is 1. The van der Waals surface area contributed by atoms with Crippen molar-refractivity contribution in [2.45, 2.75) is 25.5 Å². The molecule has 2 aromatic rings.